The molecule has 1 aromatic carbocycles. The maximum atomic E-state index is 13.3. The molecule has 2 fully saturated rings. The molecule has 34 heavy (non-hydrogen) atoms. The second-order valence-corrected chi connectivity index (χ2v) is 10.6. The highest BCUT2D eigenvalue weighted by Crippen LogP contribution is 2.25. The molecule has 0 N–H and O–H groups in total. The van der Waals surface area contributed by atoms with Crippen molar-refractivity contribution in [3.05, 3.63) is 40.3 Å². The topological polar surface area (TPSA) is 104 Å². The number of nitrogens with zero attached hydrogens (tertiary/aromatic N) is 3. The van der Waals surface area contributed by atoms with Gasteiger partial charge in [-0.1, -0.05) is 23.7 Å². The number of rotatable bonds is 8. The van der Waals surface area contributed by atoms with Crippen molar-refractivity contribution < 1.29 is 27.5 Å². The predicted octanol–water partition coefficient (Wildman–Crippen LogP) is 2.12. The number of piperidine rings is 1. The van der Waals surface area contributed by atoms with E-state index in [-0.39, 0.29) is 18.9 Å². The van der Waals surface area contributed by atoms with Crippen molar-refractivity contribution in [2.45, 2.75) is 44.7 Å². The van der Waals surface area contributed by atoms with Crippen LogP contribution in [-0.4, -0.2) is 85.7 Å². The van der Waals surface area contributed by atoms with E-state index in [0.29, 0.717) is 23.7 Å². The van der Waals surface area contributed by atoms with Gasteiger partial charge in [0.15, 0.2) is 0 Å². The van der Waals surface area contributed by atoms with Crippen molar-refractivity contribution in [2.24, 2.45) is 0 Å². The van der Waals surface area contributed by atoms with Crippen LogP contribution in [0.5, 0.6) is 0 Å². The highest BCUT2D eigenvalue weighted by molar-refractivity contribution is 7.92. The molecule has 11 heteroatoms. The Hall–Kier alpha value is -2.43. The first kappa shape index (κ1) is 26.2. The SMILES string of the molecule is COC(=O)CN([C@@H]1CCN([C@@H](C)C(=O)N2CCCCC2)C1=O)S(=O)(=O)/C=C/c1ccc(Cl)cc1. The molecule has 0 saturated carbocycles. The average Bonchev–Trinajstić information content (AvgIpc) is 3.22. The van der Waals surface area contributed by atoms with Gasteiger partial charge in [-0.15, -0.1) is 0 Å². The molecule has 0 unspecified atom stereocenters. The zero-order chi connectivity index (χ0) is 24.9. The van der Waals surface area contributed by atoms with Gasteiger partial charge in [-0.25, -0.2) is 8.42 Å². The summed E-state index contributed by atoms with van der Waals surface area (Å²) >= 11 is 5.87. The summed E-state index contributed by atoms with van der Waals surface area (Å²) in [5.74, 6) is -1.42. The fourth-order valence-electron chi connectivity index (χ4n) is 4.24. The van der Waals surface area contributed by atoms with Crippen LogP contribution in [0.1, 0.15) is 38.2 Å². The van der Waals surface area contributed by atoms with Crippen molar-refractivity contribution >= 4 is 45.5 Å². The molecule has 0 spiro atoms. The van der Waals surface area contributed by atoms with E-state index in [1.165, 1.54) is 11.0 Å². The van der Waals surface area contributed by atoms with E-state index in [2.05, 4.69) is 4.74 Å². The number of likely N-dealkylation sites (tertiary alicyclic amines) is 2. The van der Waals surface area contributed by atoms with E-state index < -0.39 is 40.5 Å². The molecule has 0 bridgehead atoms. The maximum Gasteiger partial charge on any atom is 0.321 e. The van der Waals surface area contributed by atoms with Gasteiger partial charge in [0, 0.05) is 30.1 Å². The number of carbonyl (C=O) groups is 3. The van der Waals surface area contributed by atoms with Crippen LogP contribution in [0.3, 0.4) is 0 Å². The molecule has 0 aromatic heterocycles. The molecule has 2 aliphatic rings. The summed E-state index contributed by atoms with van der Waals surface area (Å²) in [5.41, 5.74) is 0.589. The summed E-state index contributed by atoms with van der Waals surface area (Å²) in [4.78, 5) is 41.4. The molecule has 2 atom stereocenters. The first-order valence-electron chi connectivity index (χ1n) is 11.3. The Bertz CT molecular complexity index is 1040. The first-order chi connectivity index (χ1) is 16.1. The maximum absolute atomic E-state index is 13.3. The van der Waals surface area contributed by atoms with Gasteiger partial charge >= 0.3 is 5.97 Å². The van der Waals surface area contributed by atoms with Crippen molar-refractivity contribution in [2.75, 3.05) is 33.3 Å². The number of hydrogen-bond acceptors (Lipinski definition) is 6. The number of methoxy groups -OCH3 is 1. The minimum atomic E-state index is -4.17. The first-order valence-corrected chi connectivity index (χ1v) is 13.1. The zero-order valence-electron chi connectivity index (χ0n) is 19.4. The highest BCUT2D eigenvalue weighted by Gasteiger charge is 2.44. The minimum Gasteiger partial charge on any atom is -0.468 e. The van der Waals surface area contributed by atoms with E-state index in [0.717, 1.165) is 36.1 Å². The third-order valence-electron chi connectivity index (χ3n) is 6.19. The molecule has 0 radical (unpaired) electrons. The van der Waals surface area contributed by atoms with Crippen LogP contribution in [0.4, 0.5) is 0 Å². The van der Waals surface area contributed by atoms with E-state index in [4.69, 9.17) is 11.6 Å². The number of halogens is 1. The Labute approximate surface area is 205 Å². The van der Waals surface area contributed by atoms with E-state index in [9.17, 15) is 22.8 Å². The Morgan fingerprint density at radius 1 is 1.18 bits per heavy atom. The lowest BCUT2D eigenvalue weighted by molar-refractivity contribution is -0.145. The summed E-state index contributed by atoms with van der Waals surface area (Å²) in [7, 11) is -3.01. The lowest BCUT2D eigenvalue weighted by atomic mass is 10.1. The highest BCUT2D eigenvalue weighted by atomic mass is 35.5. The molecule has 0 aliphatic carbocycles. The van der Waals surface area contributed by atoms with Crippen molar-refractivity contribution in [3.8, 4) is 0 Å². The molecule has 2 aliphatic heterocycles. The summed E-state index contributed by atoms with van der Waals surface area (Å²) in [5, 5.41) is 1.47. The quantitative estimate of drug-likeness (QED) is 0.495. The van der Waals surface area contributed by atoms with Crippen LogP contribution >= 0.6 is 11.6 Å². The second-order valence-electron chi connectivity index (χ2n) is 8.42. The van der Waals surface area contributed by atoms with Crippen LogP contribution in [0.2, 0.25) is 5.02 Å². The smallest absolute Gasteiger partial charge is 0.321 e. The van der Waals surface area contributed by atoms with Gasteiger partial charge in [0.1, 0.15) is 18.6 Å². The summed E-state index contributed by atoms with van der Waals surface area (Å²) < 4.78 is 31.9. The lowest BCUT2D eigenvalue weighted by Gasteiger charge is -2.33. The fourth-order valence-corrected chi connectivity index (χ4v) is 5.68. The minimum absolute atomic E-state index is 0.140. The van der Waals surface area contributed by atoms with Crippen LogP contribution in [0.15, 0.2) is 29.7 Å². The number of amides is 2. The monoisotopic (exact) mass is 511 g/mol. The van der Waals surface area contributed by atoms with Gasteiger partial charge in [-0.05, 0) is 56.4 Å². The Kier molecular flexibility index (Phi) is 8.72. The zero-order valence-corrected chi connectivity index (χ0v) is 20.9. The predicted molar refractivity (Wildman–Crippen MR) is 128 cm³/mol. The van der Waals surface area contributed by atoms with E-state index in [1.807, 2.05) is 0 Å². The summed E-state index contributed by atoms with van der Waals surface area (Å²) in [6.45, 7) is 2.59. The molecule has 2 saturated heterocycles. The van der Waals surface area contributed by atoms with Crippen molar-refractivity contribution in [1.82, 2.24) is 14.1 Å². The normalized spacial score (nSPS) is 20.2. The van der Waals surface area contributed by atoms with Gasteiger partial charge < -0.3 is 14.5 Å². The van der Waals surface area contributed by atoms with Crippen molar-refractivity contribution in [3.63, 3.8) is 0 Å². The number of carbonyl (C=O) groups excluding carboxylic acids is 3. The number of benzene rings is 1. The fraction of sp³-hybridized carbons (Fsp3) is 0.522. The van der Waals surface area contributed by atoms with Gasteiger partial charge in [-0.3, -0.25) is 14.4 Å². The molecule has 2 heterocycles. The third kappa shape index (κ3) is 6.17. The van der Waals surface area contributed by atoms with Crippen molar-refractivity contribution in [1.29, 1.82) is 0 Å². The van der Waals surface area contributed by atoms with Crippen LogP contribution in [0.25, 0.3) is 6.08 Å². The molecule has 9 nitrogen and oxygen atoms in total. The number of esters is 1. The third-order valence-corrected chi connectivity index (χ3v) is 7.96. The molecular formula is C23H30ClN3O6S. The Morgan fingerprint density at radius 3 is 2.44 bits per heavy atom. The number of ether oxygens (including phenoxy) is 1. The molecular weight excluding hydrogens is 482 g/mol. The number of sulfonamides is 1. The molecule has 3 rings (SSSR count). The summed E-state index contributed by atoms with van der Waals surface area (Å²) in [6, 6.07) is 4.74. The largest absolute Gasteiger partial charge is 0.468 e. The average molecular weight is 512 g/mol. The van der Waals surface area contributed by atoms with Gasteiger partial charge in [-0.2, -0.15) is 4.31 Å². The summed E-state index contributed by atoms with van der Waals surface area (Å²) in [6.07, 6.45) is 4.48. The Balaban J connectivity index is 1.80. The lowest BCUT2D eigenvalue weighted by Crippen LogP contribution is -2.52. The van der Waals surface area contributed by atoms with Crippen LogP contribution in [-0.2, 0) is 29.1 Å². The van der Waals surface area contributed by atoms with E-state index >= 15 is 0 Å². The van der Waals surface area contributed by atoms with Gasteiger partial charge in [0.05, 0.1) is 7.11 Å². The van der Waals surface area contributed by atoms with Gasteiger partial charge in [0.25, 0.3) is 0 Å². The van der Waals surface area contributed by atoms with Gasteiger partial charge in [0.2, 0.25) is 21.8 Å². The second kappa shape index (κ2) is 11.3. The standard InChI is InChI=1S/C23H30ClN3O6S/c1-17(22(29)25-12-4-3-5-13-25)26-14-10-20(23(26)30)27(16-21(28)33-2)34(31,32)15-11-18-6-8-19(24)9-7-18/h6-9,11,15,17,20H,3-5,10,12-14,16H2,1-2H3/b15-11+/t17-,20+/m0/s1. The molecule has 186 valence electrons. The molecule has 2 amide bonds. The number of hydrogen-bond donors (Lipinski definition) is 0. The molecule has 1 aromatic rings. The van der Waals surface area contributed by atoms with Crippen LogP contribution in [0, 0.1) is 0 Å². The Morgan fingerprint density at radius 2 is 1.82 bits per heavy atom. The van der Waals surface area contributed by atoms with Crippen LogP contribution < -0.4 is 0 Å². The van der Waals surface area contributed by atoms with E-state index in [1.54, 1.807) is 36.1 Å².